The highest BCUT2D eigenvalue weighted by atomic mass is 16.3. The summed E-state index contributed by atoms with van der Waals surface area (Å²) < 4.78 is 4.15. The van der Waals surface area contributed by atoms with Gasteiger partial charge in [-0.1, -0.05) is 78.8 Å². The van der Waals surface area contributed by atoms with E-state index >= 15 is 0 Å². The molecule has 0 atom stereocenters. The van der Waals surface area contributed by atoms with Gasteiger partial charge < -0.3 is 14.2 Å². The Morgan fingerprint density at radius 2 is 1.54 bits per heavy atom. The third kappa shape index (κ3) is 6.14. The fraction of sp³-hybridized carbons (Fsp3) is 0.467. The molecular weight excluding hydrogens is 434 g/mol. The SMILES string of the molecule is CCC/N=c1\n(CC(=O)c2cc(C(C)(C)C)c(O)c(C(C)(C)C)c2)cc(C)n1Cc1ccccc1. The molecule has 0 aliphatic carbocycles. The number of aromatic hydroxyl groups is 1. The number of phenols is 1. The summed E-state index contributed by atoms with van der Waals surface area (Å²) in [5.41, 5.74) is 4.72. The number of hydrogen-bond acceptors (Lipinski definition) is 3. The van der Waals surface area contributed by atoms with Gasteiger partial charge in [-0.15, -0.1) is 0 Å². The summed E-state index contributed by atoms with van der Waals surface area (Å²) in [6.07, 6.45) is 2.95. The van der Waals surface area contributed by atoms with Gasteiger partial charge in [-0.25, -0.2) is 0 Å². The molecular formula is C30H41N3O2. The van der Waals surface area contributed by atoms with E-state index in [1.54, 1.807) is 0 Å². The van der Waals surface area contributed by atoms with Crippen LogP contribution in [0.2, 0.25) is 0 Å². The van der Waals surface area contributed by atoms with E-state index in [-0.39, 0.29) is 28.9 Å². The average molecular weight is 476 g/mol. The van der Waals surface area contributed by atoms with Crippen LogP contribution in [-0.4, -0.2) is 26.6 Å². The molecule has 0 amide bonds. The largest absolute Gasteiger partial charge is 0.507 e. The zero-order valence-electron chi connectivity index (χ0n) is 22.6. The molecule has 1 heterocycles. The first-order valence-electron chi connectivity index (χ1n) is 12.5. The van der Waals surface area contributed by atoms with Gasteiger partial charge in [0.25, 0.3) is 0 Å². The van der Waals surface area contributed by atoms with Crippen molar-refractivity contribution in [3.63, 3.8) is 0 Å². The van der Waals surface area contributed by atoms with E-state index in [0.717, 1.165) is 28.9 Å². The smallest absolute Gasteiger partial charge is 0.205 e. The maximum absolute atomic E-state index is 13.6. The lowest BCUT2D eigenvalue weighted by Gasteiger charge is -2.28. The lowest BCUT2D eigenvalue weighted by Crippen LogP contribution is -2.30. The number of hydrogen-bond donors (Lipinski definition) is 1. The molecule has 0 saturated carbocycles. The highest BCUT2D eigenvalue weighted by molar-refractivity contribution is 5.96. The molecule has 0 aliphatic rings. The minimum absolute atomic E-state index is 0.0100. The highest BCUT2D eigenvalue weighted by Gasteiger charge is 2.28. The van der Waals surface area contributed by atoms with Gasteiger partial charge in [0.15, 0.2) is 5.78 Å². The molecule has 0 radical (unpaired) electrons. The van der Waals surface area contributed by atoms with E-state index in [9.17, 15) is 9.90 Å². The fourth-order valence-corrected chi connectivity index (χ4v) is 4.32. The van der Waals surface area contributed by atoms with Gasteiger partial charge in [0, 0.05) is 35.1 Å². The molecule has 3 aromatic rings. The molecule has 35 heavy (non-hydrogen) atoms. The van der Waals surface area contributed by atoms with Crippen LogP contribution in [0.3, 0.4) is 0 Å². The molecule has 5 nitrogen and oxygen atoms in total. The molecule has 0 bridgehead atoms. The van der Waals surface area contributed by atoms with E-state index < -0.39 is 0 Å². The van der Waals surface area contributed by atoms with Gasteiger partial charge in [0.05, 0.1) is 13.1 Å². The Morgan fingerprint density at radius 1 is 0.971 bits per heavy atom. The van der Waals surface area contributed by atoms with Gasteiger partial charge >= 0.3 is 0 Å². The van der Waals surface area contributed by atoms with E-state index in [4.69, 9.17) is 4.99 Å². The summed E-state index contributed by atoms with van der Waals surface area (Å²) in [5, 5.41) is 11.0. The van der Waals surface area contributed by atoms with Gasteiger partial charge in [-0.3, -0.25) is 9.79 Å². The third-order valence-corrected chi connectivity index (χ3v) is 6.29. The first-order chi connectivity index (χ1) is 16.3. The van der Waals surface area contributed by atoms with Crippen molar-refractivity contribution in [1.82, 2.24) is 9.13 Å². The van der Waals surface area contributed by atoms with E-state index in [1.807, 2.05) is 41.1 Å². The summed E-state index contributed by atoms with van der Waals surface area (Å²) in [5.74, 6) is 0.300. The summed E-state index contributed by atoms with van der Waals surface area (Å²) in [7, 11) is 0. The Labute approximate surface area is 210 Å². The number of nitrogens with zero attached hydrogens (tertiary/aromatic N) is 3. The van der Waals surface area contributed by atoms with Crippen molar-refractivity contribution < 1.29 is 9.90 Å². The normalized spacial score (nSPS) is 12.9. The van der Waals surface area contributed by atoms with Crippen LogP contribution >= 0.6 is 0 Å². The molecule has 1 N–H and O–H groups in total. The molecule has 5 heteroatoms. The van der Waals surface area contributed by atoms with Crippen LogP contribution in [0, 0.1) is 6.92 Å². The quantitative estimate of drug-likeness (QED) is 0.417. The Morgan fingerprint density at radius 3 is 2.06 bits per heavy atom. The average Bonchev–Trinajstić information content (AvgIpc) is 3.05. The lowest BCUT2D eigenvalue weighted by molar-refractivity contribution is 0.0970. The second-order valence-corrected chi connectivity index (χ2v) is 11.5. The Balaban J connectivity index is 2.06. The van der Waals surface area contributed by atoms with Gasteiger partial charge in [0.1, 0.15) is 5.75 Å². The molecule has 2 aromatic carbocycles. The van der Waals surface area contributed by atoms with Crippen LogP contribution in [0.4, 0.5) is 0 Å². The van der Waals surface area contributed by atoms with Crippen molar-refractivity contribution in [3.8, 4) is 5.75 Å². The summed E-state index contributed by atoms with van der Waals surface area (Å²) in [6.45, 7) is 18.1. The number of rotatable bonds is 7. The van der Waals surface area contributed by atoms with E-state index in [0.29, 0.717) is 18.7 Å². The summed E-state index contributed by atoms with van der Waals surface area (Å²) in [4.78, 5) is 18.5. The van der Waals surface area contributed by atoms with Gasteiger partial charge in [0.2, 0.25) is 5.62 Å². The van der Waals surface area contributed by atoms with Gasteiger partial charge in [-0.2, -0.15) is 0 Å². The maximum atomic E-state index is 13.6. The minimum Gasteiger partial charge on any atom is -0.507 e. The first kappa shape index (κ1) is 26.5. The lowest BCUT2D eigenvalue weighted by atomic mass is 9.78. The number of imidazole rings is 1. The zero-order valence-corrected chi connectivity index (χ0v) is 22.6. The van der Waals surface area contributed by atoms with Crippen LogP contribution < -0.4 is 5.62 Å². The molecule has 0 unspecified atom stereocenters. The van der Waals surface area contributed by atoms with Crippen molar-refractivity contribution in [2.24, 2.45) is 4.99 Å². The Hall–Kier alpha value is -3.08. The highest BCUT2D eigenvalue weighted by Crippen LogP contribution is 2.39. The number of Topliss-reactive ketones (excluding diaryl/α,β-unsaturated/α-hetero) is 1. The van der Waals surface area contributed by atoms with Crippen molar-refractivity contribution in [1.29, 1.82) is 0 Å². The fourth-order valence-electron chi connectivity index (χ4n) is 4.32. The van der Waals surface area contributed by atoms with Crippen LogP contribution in [0.25, 0.3) is 0 Å². The molecule has 0 saturated heterocycles. The minimum atomic E-state index is -0.287. The predicted molar refractivity (Wildman–Crippen MR) is 143 cm³/mol. The molecule has 0 aliphatic heterocycles. The van der Waals surface area contributed by atoms with Crippen LogP contribution in [0.5, 0.6) is 5.75 Å². The molecule has 188 valence electrons. The number of benzene rings is 2. The van der Waals surface area contributed by atoms with Crippen LogP contribution in [0.15, 0.2) is 53.7 Å². The number of aromatic nitrogens is 2. The topological polar surface area (TPSA) is 59.5 Å². The molecule has 1 aromatic heterocycles. The number of carbonyl (C=O) groups is 1. The third-order valence-electron chi connectivity index (χ3n) is 6.29. The van der Waals surface area contributed by atoms with Gasteiger partial charge in [-0.05, 0) is 41.9 Å². The predicted octanol–water partition coefficient (Wildman–Crippen LogP) is 6.14. The summed E-state index contributed by atoms with van der Waals surface area (Å²) in [6, 6.07) is 14.0. The molecule has 0 fully saturated rings. The second kappa shape index (κ2) is 10.3. The number of carbonyl (C=O) groups excluding carboxylic acids is 1. The maximum Gasteiger partial charge on any atom is 0.205 e. The standard InChI is InChI=1S/C30H41N3O2/c1-9-15-31-28-32(18-21(2)33(28)19-22-13-11-10-12-14-22)20-26(34)23-16-24(29(3,4)5)27(35)25(17-23)30(6,7)8/h10-14,16-18,35H,9,15,19-20H2,1-8H3/b31-28+. The van der Waals surface area contributed by atoms with Crippen molar-refractivity contribution >= 4 is 5.78 Å². The van der Waals surface area contributed by atoms with E-state index in [1.165, 1.54) is 5.56 Å². The number of phenolic OH excluding ortho intramolecular Hbond substituents is 1. The van der Waals surface area contributed by atoms with Crippen LogP contribution in [-0.2, 0) is 23.9 Å². The van der Waals surface area contributed by atoms with Crippen LogP contribution in [0.1, 0.15) is 87.6 Å². The van der Waals surface area contributed by atoms with Crippen molar-refractivity contribution in [2.75, 3.05) is 6.54 Å². The summed E-state index contributed by atoms with van der Waals surface area (Å²) >= 11 is 0. The monoisotopic (exact) mass is 475 g/mol. The van der Waals surface area contributed by atoms with Crippen molar-refractivity contribution in [2.45, 2.75) is 85.7 Å². The first-order valence-corrected chi connectivity index (χ1v) is 12.5. The Bertz CT molecular complexity index is 1210. The molecule has 0 spiro atoms. The van der Waals surface area contributed by atoms with E-state index in [2.05, 4.69) is 72.1 Å². The zero-order chi connectivity index (χ0) is 26.0. The number of aryl methyl sites for hydroxylation is 1. The number of ketones is 1. The van der Waals surface area contributed by atoms with Crippen molar-refractivity contribution in [3.05, 3.63) is 82.2 Å². The molecule has 3 rings (SSSR count). The Kier molecular flexibility index (Phi) is 7.78. The second-order valence-electron chi connectivity index (χ2n) is 11.5.